The Morgan fingerprint density at radius 2 is 1.83 bits per heavy atom. The number of carbonyl (C=O) groups is 1. The number of hydrogen-bond acceptors (Lipinski definition) is 2. The standard InChI is InChI=1S/C15H21ClO2/c1-15(2,3)14(18)10-13(17)12(16)9-11-7-5-4-6-8-11/h4-8,12-13,17H,9-10H2,1-3H3/t12-,13-/m0/s1. The van der Waals surface area contributed by atoms with E-state index in [1.807, 2.05) is 51.1 Å². The Bertz CT molecular complexity index is 381. The molecule has 2 atom stereocenters. The molecular weight excluding hydrogens is 248 g/mol. The van der Waals surface area contributed by atoms with Crippen LogP contribution in [0.15, 0.2) is 30.3 Å². The van der Waals surface area contributed by atoms with Gasteiger partial charge >= 0.3 is 0 Å². The molecule has 1 aromatic carbocycles. The molecule has 1 N–H and O–H groups in total. The Labute approximate surface area is 114 Å². The quantitative estimate of drug-likeness (QED) is 0.833. The zero-order valence-corrected chi connectivity index (χ0v) is 11.9. The van der Waals surface area contributed by atoms with E-state index in [4.69, 9.17) is 11.6 Å². The lowest BCUT2D eigenvalue weighted by Gasteiger charge is -2.21. The van der Waals surface area contributed by atoms with Gasteiger partial charge in [0.25, 0.3) is 0 Å². The van der Waals surface area contributed by atoms with E-state index in [1.165, 1.54) is 0 Å². The number of benzene rings is 1. The average molecular weight is 269 g/mol. The molecule has 0 unspecified atom stereocenters. The van der Waals surface area contributed by atoms with Gasteiger partial charge in [0.15, 0.2) is 0 Å². The average Bonchev–Trinajstić information content (AvgIpc) is 2.28. The van der Waals surface area contributed by atoms with Crippen LogP contribution in [-0.2, 0) is 11.2 Å². The van der Waals surface area contributed by atoms with Gasteiger partial charge in [0.05, 0.1) is 11.5 Å². The molecule has 2 nitrogen and oxygen atoms in total. The summed E-state index contributed by atoms with van der Waals surface area (Å²) in [5.74, 6) is 0.0358. The van der Waals surface area contributed by atoms with Crippen molar-refractivity contribution in [1.82, 2.24) is 0 Å². The number of halogens is 1. The fraction of sp³-hybridized carbons (Fsp3) is 0.533. The molecule has 1 rings (SSSR count). The zero-order valence-electron chi connectivity index (χ0n) is 11.2. The zero-order chi connectivity index (χ0) is 13.8. The maximum absolute atomic E-state index is 11.8. The van der Waals surface area contributed by atoms with Gasteiger partial charge in [0, 0.05) is 11.8 Å². The van der Waals surface area contributed by atoms with Crippen molar-refractivity contribution < 1.29 is 9.90 Å². The number of aliphatic hydroxyl groups is 1. The van der Waals surface area contributed by atoms with Crippen molar-refractivity contribution in [1.29, 1.82) is 0 Å². The maximum Gasteiger partial charge on any atom is 0.140 e. The van der Waals surface area contributed by atoms with Crippen molar-refractivity contribution in [3.8, 4) is 0 Å². The van der Waals surface area contributed by atoms with Gasteiger partial charge in [0.1, 0.15) is 5.78 Å². The van der Waals surface area contributed by atoms with Crippen LogP contribution in [0.5, 0.6) is 0 Å². The van der Waals surface area contributed by atoms with Gasteiger partial charge < -0.3 is 5.11 Å². The third-order valence-corrected chi connectivity index (χ3v) is 3.37. The summed E-state index contributed by atoms with van der Waals surface area (Å²) in [5.41, 5.74) is 0.643. The van der Waals surface area contributed by atoms with E-state index in [1.54, 1.807) is 0 Å². The molecule has 0 spiro atoms. The lowest BCUT2D eigenvalue weighted by molar-refractivity contribution is -0.128. The molecule has 0 aromatic heterocycles. The van der Waals surface area contributed by atoms with Crippen LogP contribution in [0.2, 0.25) is 0 Å². The van der Waals surface area contributed by atoms with Crippen LogP contribution in [0.3, 0.4) is 0 Å². The first kappa shape index (κ1) is 15.2. The summed E-state index contributed by atoms with van der Waals surface area (Å²) in [4.78, 5) is 11.8. The van der Waals surface area contributed by atoms with Gasteiger partial charge in [-0.05, 0) is 12.0 Å². The van der Waals surface area contributed by atoms with E-state index in [0.717, 1.165) is 5.56 Å². The van der Waals surface area contributed by atoms with Gasteiger partial charge in [-0.3, -0.25) is 4.79 Å². The second-order valence-electron chi connectivity index (χ2n) is 5.65. The van der Waals surface area contributed by atoms with Gasteiger partial charge in [-0.1, -0.05) is 51.1 Å². The highest BCUT2D eigenvalue weighted by molar-refractivity contribution is 6.21. The Kier molecular flexibility index (Phi) is 5.36. The Hall–Kier alpha value is -0.860. The van der Waals surface area contributed by atoms with Gasteiger partial charge in [-0.2, -0.15) is 0 Å². The van der Waals surface area contributed by atoms with E-state index in [0.29, 0.717) is 6.42 Å². The molecule has 0 radical (unpaired) electrons. The summed E-state index contributed by atoms with van der Waals surface area (Å²) < 4.78 is 0. The monoisotopic (exact) mass is 268 g/mol. The summed E-state index contributed by atoms with van der Waals surface area (Å²) in [6.45, 7) is 5.55. The minimum atomic E-state index is -0.793. The van der Waals surface area contributed by atoms with Crippen LogP contribution in [0.4, 0.5) is 0 Å². The van der Waals surface area contributed by atoms with Gasteiger partial charge in [-0.25, -0.2) is 0 Å². The molecule has 1 aromatic rings. The first-order valence-corrected chi connectivity index (χ1v) is 6.63. The van der Waals surface area contributed by atoms with Crippen molar-refractivity contribution in [2.75, 3.05) is 0 Å². The molecule has 0 aliphatic rings. The van der Waals surface area contributed by atoms with Crippen molar-refractivity contribution in [2.45, 2.75) is 45.1 Å². The predicted molar refractivity (Wildman–Crippen MR) is 74.9 cm³/mol. The van der Waals surface area contributed by atoms with Gasteiger partial charge in [-0.15, -0.1) is 11.6 Å². The smallest absolute Gasteiger partial charge is 0.140 e. The minimum Gasteiger partial charge on any atom is -0.391 e. The molecule has 3 heteroatoms. The van der Waals surface area contributed by atoms with Crippen LogP contribution in [-0.4, -0.2) is 22.4 Å². The predicted octanol–water partition coefficient (Wildman–Crippen LogP) is 3.20. The van der Waals surface area contributed by atoms with Crippen molar-refractivity contribution in [2.24, 2.45) is 5.41 Å². The fourth-order valence-electron chi connectivity index (χ4n) is 1.60. The molecule has 0 saturated heterocycles. The highest BCUT2D eigenvalue weighted by atomic mass is 35.5. The summed E-state index contributed by atoms with van der Waals surface area (Å²) in [6.07, 6.45) is -0.107. The third-order valence-electron chi connectivity index (χ3n) is 2.92. The van der Waals surface area contributed by atoms with Crippen LogP contribution in [0, 0.1) is 5.41 Å². The van der Waals surface area contributed by atoms with Crippen LogP contribution in [0.1, 0.15) is 32.8 Å². The van der Waals surface area contributed by atoms with Crippen LogP contribution in [0.25, 0.3) is 0 Å². The van der Waals surface area contributed by atoms with E-state index in [2.05, 4.69) is 0 Å². The van der Waals surface area contributed by atoms with E-state index >= 15 is 0 Å². The first-order chi connectivity index (χ1) is 8.30. The minimum absolute atomic E-state index is 0.0358. The first-order valence-electron chi connectivity index (χ1n) is 6.20. The highest BCUT2D eigenvalue weighted by Crippen LogP contribution is 2.21. The van der Waals surface area contributed by atoms with Crippen molar-refractivity contribution >= 4 is 17.4 Å². The SMILES string of the molecule is CC(C)(C)C(=O)C[C@H](O)[C@@H](Cl)Cc1ccccc1. The molecule has 0 saturated carbocycles. The molecule has 0 bridgehead atoms. The third kappa shape index (κ3) is 4.79. The van der Waals surface area contributed by atoms with Crippen molar-refractivity contribution in [3.63, 3.8) is 0 Å². The number of aliphatic hydroxyl groups excluding tert-OH is 1. The number of alkyl halides is 1. The summed E-state index contributed by atoms with van der Waals surface area (Å²) in [5, 5.41) is 9.53. The molecular formula is C15H21ClO2. The number of hydrogen-bond donors (Lipinski definition) is 1. The summed E-state index contributed by atoms with van der Waals surface area (Å²) in [6, 6.07) is 9.74. The molecule has 0 aliphatic heterocycles. The molecule has 0 heterocycles. The molecule has 0 amide bonds. The Morgan fingerprint density at radius 1 is 1.28 bits per heavy atom. The second kappa shape index (κ2) is 6.35. The number of Topliss-reactive ketones (excluding diaryl/α,β-unsaturated/α-hetero) is 1. The van der Waals surface area contributed by atoms with Crippen LogP contribution >= 0.6 is 11.6 Å². The van der Waals surface area contributed by atoms with E-state index < -0.39 is 16.9 Å². The lowest BCUT2D eigenvalue weighted by Crippen LogP contribution is -2.31. The normalized spacial score (nSPS) is 15.2. The summed E-state index contributed by atoms with van der Waals surface area (Å²) >= 11 is 6.16. The Morgan fingerprint density at radius 3 is 2.33 bits per heavy atom. The lowest BCUT2D eigenvalue weighted by atomic mass is 9.86. The Balaban J connectivity index is 2.52. The topological polar surface area (TPSA) is 37.3 Å². The summed E-state index contributed by atoms with van der Waals surface area (Å²) in [7, 11) is 0. The number of rotatable bonds is 5. The largest absolute Gasteiger partial charge is 0.391 e. The second-order valence-corrected chi connectivity index (χ2v) is 6.21. The molecule has 0 fully saturated rings. The number of carbonyl (C=O) groups excluding carboxylic acids is 1. The molecule has 100 valence electrons. The van der Waals surface area contributed by atoms with Gasteiger partial charge in [0.2, 0.25) is 0 Å². The molecule has 18 heavy (non-hydrogen) atoms. The fourth-order valence-corrected chi connectivity index (χ4v) is 1.87. The number of ketones is 1. The van der Waals surface area contributed by atoms with E-state index in [9.17, 15) is 9.90 Å². The van der Waals surface area contributed by atoms with Crippen LogP contribution < -0.4 is 0 Å². The molecule has 0 aliphatic carbocycles. The maximum atomic E-state index is 11.8. The van der Waals surface area contributed by atoms with E-state index in [-0.39, 0.29) is 12.2 Å². The van der Waals surface area contributed by atoms with Crippen molar-refractivity contribution in [3.05, 3.63) is 35.9 Å². The highest BCUT2D eigenvalue weighted by Gasteiger charge is 2.27.